The number of aliphatic hydroxyl groups is 1. The smallest absolute Gasteiger partial charge is 0.409 e. The third kappa shape index (κ3) is 2.59. The lowest BCUT2D eigenvalue weighted by Crippen LogP contribution is -2.39. The molecule has 0 aromatic heterocycles. The third-order valence-corrected chi connectivity index (χ3v) is 2.64. The molecule has 15 heavy (non-hydrogen) atoms. The number of nitrogens with two attached hydrogens (primary N) is 1. The van der Waals surface area contributed by atoms with Gasteiger partial charge in [-0.15, -0.1) is 0 Å². The van der Waals surface area contributed by atoms with Crippen LogP contribution in [0, 0.1) is 5.41 Å². The van der Waals surface area contributed by atoms with E-state index in [-0.39, 0.29) is 19.8 Å². The molecule has 2 amide bonds. The molecule has 0 aliphatic carbocycles. The van der Waals surface area contributed by atoms with Crippen LogP contribution in [0.2, 0.25) is 0 Å². The molecule has 0 spiro atoms. The molecule has 6 heteroatoms. The number of hydrogen-bond donors (Lipinski definition) is 2. The Kier molecular flexibility index (Phi) is 3.52. The molecule has 0 radical (unpaired) electrons. The Bertz CT molecular complexity index is 269. The minimum atomic E-state index is -0.655. The first-order valence-electron chi connectivity index (χ1n) is 4.82. The van der Waals surface area contributed by atoms with Crippen LogP contribution >= 0.6 is 0 Å². The summed E-state index contributed by atoms with van der Waals surface area (Å²) in [6.45, 7) is 2.25. The fourth-order valence-electron chi connectivity index (χ4n) is 1.54. The Hall–Kier alpha value is -1.30. The Morgan fingerprint density at radius 3 is 2.73 bits per heavy atom. The zero-order valence-corrected chi connectivity index (χ0v) is 8.73. The summed E-state index contributed by atoms with van der Waals surface area (Å²) in [5.41, 5.74) is 4.58. The van der Waals surface area contributed by atoms with Crippen LogP contribution in [0.5, 0.6) is 0 Å². The number of hydrogen-bond acceptors (Lipinski definition) is 4. The average molecular weight is 216 g/mol. The van der Waals surface area contributed by atoms with Crippen molar-refractivity contribution >= 4 is 12.0 Å². The van der Waals surface area contributed by atoms with E-state index in [9.17, 15) is 9.59 Å². The summed E-state index contributed by atoms with van der Waals surface area (Å²) in [4.78, 5) is 23.9. The molecule has 1 aliphatic rings. The minimum Gasteiger partial charge on any atom is -0.447 e. The van der Waals surface area contributed by atoms with Crippen molar-refractivity contribution in [2.45, 2.75) is 13.3 Å². The van der Waals surface area contributed by atoms with Gasteiger partial charge in [0, 0.05) is 13.1 Å². The Morgan fingerprint density at radius 2 is 2.27 bits per heavy atom. The summed E-state index contributed by atoms with van der Waals surface area (Å²) < 4.78 is 4.73. The van der Waals surface area contributed by atoms with Gasteiger partial charge in [0.05, 0.1) is 12.0 Å². The van der Waals surface area contributed by atoms with Crippen molar-refractivity contribution in [2.24, 2.45) is 11.1 Å². The maximum Gasteiger partial charge on any atom is 0.409 e. The van der Waals surface area contributed by atoms with E-state index in [1.807, 2.05) is 0 Å². The maximum atomic E-state index is 11.4. The highest BCUT2D eigenvalue weighted by atomic mass is 16.6. The van der Waals surface area contributed by atoms with E-state index in [4.69, 9.17) is 15.6 Å². The summed E-state index contributed by atoms with van der Waals surface area (Å²) in [7, 11) is 0. The molecule has 1 aliphatic heterocycles. The van der Waals surface area contributed by atoms with Gasteiger partial charge in [-0.1, -0.05) is 0 Å². The van der Waals surface area contributed by atoms with Gasteiger partial charge in [0.1, 0.15) is 6.61 Å². The van der Waals surface area contributed by atoms with Crippen molar-refractivity contribution in [2.75, 3.05) is 26.3 Å². The van der Waals surface area contributed by atoms with Crippen LogP contribution < -0.4 is 5.73 Å². The third-order valence-electron chi connectivity index (χ3n) is 2.64. The molecule has 6 nitrogen and oxygen atoms in total. The predicted molar refractivity (Wildman–Crippen MR) is 51.9 cm³/mol. The first kappa shape index (κ1) is 11.8. The number of ether oxygens (including phenoxy) is 1. The SMILES string of the molecule is CC1(C(N)=O)CCN(C(=O)OCCO)C1. The Labute approximate surface area is 88.0 Å². The molecule has 3 N–H and O–H groups in total. The van der Waals surface area contributed by atoms with E-state index in [0.29, 0.717) is 13.0 Å². The van der Waals surface area contributed by atoms with Gasteiger partial charge < -0.3 is 20.5 Å². The highest BCUT2D eigenvalue weighted by Gasteiger charge is 2.41. The first-order valence-corrected chi connectivity index (χ1v) is 4.82. The van der Waals surface area contributed by atoms with Gasteiger partial charge in [0.2, 0.25) is 5.91 Å². The number of amides is 2. The molecule has 1 atom stereocenters. The second kappa shape index (κ2) is 4.48. The van der Waals surface area contributed by atoms with E-state index in [0.717, 1.165) is 0 Å². The van der Waals surface area contributed by atoms with Gasteiger partial charge in [-0.05, 0) is 13.3 Å². The molecule has 0 aromatic carbocycles. The fraction of sp³-hybridized carbons (Fsp3) is 0.778. The first-order chi connectivity index (χ1) is 6.99. The summed E-state index contributed by atoms with van der Waals surface area (Å²) in [6, 6.07) is 0. The van der Waals surface area contributed by atoms with E-state index in [1.54, 1.807) is 6.92 Å². The largest absolute Gasteiger partial charge is 0.447 e. The maximum absolute atomic E-state index is 11.4. The lowest BCUT2D eigenvalue weighted by molar-refractivity contribution is -0.126. The fourth-order valence-corrected chi connectivity index (χ4v) is 1.54. The molecule has 1 saturated heterocycles. The van der Waals surface area contributed by atoms with Gasteiger partial charge in [-0.2, -0.15) is 0 Å². The summed E-state index contributed by atoms with van der Waals surface area (Å²) in [6.07, 6.45) is 0.0466. The summed E-state index contributed by atoms with van der Waals surface area (Å²) >= 11 is 0. The van der Waals surface area contributed by atoms with Gasteiger partial charge in [0.25, 0.3) is 0 Å². The standard InChI is InChI=1S/C9H16N2O4/c1-9(7(10)13)2-3-11(6-9)8(14)15-5-4-12/h12H,2-6H2,1H3,(H2,10,13). The van der Waals surface area contributed by atoms with Gasteiger partial charge in [0.15, 0.2) is 0 Å². The lowest BCUT2D eigenvalue weighted by Gasteiger charge is -2.20. The number of likely N-dealkylation sites (tertiary alicyclic amines) is 1. The van der Waals surface area contributed by atoms with E-state index in [1.165, 1.54) is 4.90 Å². The van der Waals surface area contributed by atoms with Crippen molar-refractivity contribution in [1.29, 1.82) is 0 Å². The zero-order valence-electron chi connectivity index (χ0n) is 8.73. The number of primary amides is 1. The summed E-state index contributed by atoms with van der Waals surface area (Å²) in [5.74, 6) is -0.403. The number of nitrogens with zero attached hydrogens (tertiary/aromatic N) is 1. The molecule has 1 rings (SSSR count). The van der Waals surface area contributed by atoms with E-state index >= 15 is 0 Å². The number of carbonyl (C=O) groups excluding carboxylic acids is 2. The Balaban J connectivity index is 2.49. The second-order valence-corrected chi connectivity index (χ2v) is 3.93. The molecular weight excluding hydrogens is 200 g/mol. The quantitative estimate of drug-likeness (QED) is 0.653. The minimum absolute atomic E-state index is 0.0252. The molecule has 0 saturated carbocycles. The normalized spacial score (nSPS) is 25.3. The highest BCUT2D eigenvalue weighted by molar-refractivity contribution is 5.82. The van der Waals surface area contributed by atoms with Crippen molar-refractivity contribution in [3.63, 3.8) is 0 Å². The van der Waals surface area contributed by atoms with Crippen molar-refractivity contribution in [1.82, 2.24) is 4.90 Å². The number of aliphatic hydroxyl groups excluding tert-OH is 1. The van der Waals surface area contributed by atoms with Crippen molar-refractivity contribution in [3.8, 4) is 0 Å². The molecule has 86 valence electrons. The Morgan fingerprint density at radius 1 is 1.60 bits per heavy atom. The predicted octanol–water partition coefficient (Wildman–Crippen LogP) is -0.687. The van der Waals surface area contributed by atoms with Crippen LogP contribution in [-0.4, -0.2) is 48.3 Å². The van der Waals surface area contributed by atoms with Crippen LogP contribution in [0.15, 0.2) is 0 Å². The van der Waals surface area contributed by atoms with Gasteiger partial charge in [-0.3, -0.25) is 4.79 Å². The zero-order chi connectivity index (χ0) is 11.5. The second-order valence-electron chi connectivity index (χ2n) is 3.93. The van der Waals surface area contributed by atoms with Gasteiger partial charge >= 0.3 is 6.09 Å². The lowest BCUT2D eigenvalue weighted by atomic mass is 9.89. The van der Waals surface area contributed by atoms with Crippen molar-refractivity contribution < 1.29 is 19.4 Å². The van der Waals surface area contributed by atoms with Crippen molar-refractivity contribution in [3.05, 3.63) is 0 Å². The van der Waals surface area contributed by atoms with Crippen LogP contribution in [0.4, 0.5) is 4.79 Å². The van der Waals surface area contributed by atoms with Crippen LogP contribution in [0.3, 0.4) is 0 Å². The molecule has 0 bridgehead atoms. The number of carbonyl (C=O) groups is 2. The average Bonchev–Trinajstić information content (AvgIpc) is 2.59. The summed E-state index contributed by atoms with van der Waals surface area (Å²) in [5, 5.41) is 8.48. The monoisotopic (exact) mass is 216 g/mol. The molecule has 1 heterocycles. The van der Waals surface area contributed by atoms with Crippen LogP contribution in [0.25, 0.3) is 0 Å². The number of rotatable bonds is 3. The van der Waals surface area contributed by atoms with E-state index < -0.39 is 17.4 Å². The highest BCUT2D eigenvalue weighted by Crippen LogP contribution is 2.29. The van der Waals surface area contributed by atoms with Crippen LogP contribution in [0.1, 0.15) is 13.3 Å². The van der Waals surface area contributed by atoms with Crippen LogP contribution in [-0.2, 0) is 9.53 Å². The molecular formula is C9H16N2O4. The molecule has 0 aromatic rings. The van der Waals surface area contributed by atoms with Gasteiger partial charge in [-0.25, -0.2) is 4.79 Å². The topological polar surface area (TPSA) is 92.9 Å². The molecule has 1 fully saturated rings. The molecule has 1 unspecified atom stereocenters. The van der Waals surface area contributed by atoms with E-state index in [2.05, 4.69) is 0 Å².